The van der Waals surface area contributed by atoms with Crippen molar-refractivity contribution in [1.82, 2.24) is 15.0 Å². The number of ether oxygens (including phenoxy) is 1. The third-order valence-corrected chi connectivity index (χ3v) is 2.64. The lowest BCUT2D eigenvalue weighted by Crippen LogP contribution is -2.15. The van der Waals surface area contributed by atoms with Crippen LogP contribution in [0.25, 0.3) is 0 Å². The van der Waals surface area contributed by atoms with Gasteiger partial charge in [0.2, 0.25) is 5.91 Å². The van der Waals surface area contributed by atoms with E-state index in [1.807, 2.05) is 0 Å². The molecule has 0 saturated heterocycles. The molecule has 0 spiro atoms. The summed E-state index contributed by atoms with van der Waals surface area (Å²) in [7, 11) is 1.29. The molecule has 0 aromatic carbocycles. The van der Waals surface area contributed by atoms with Gasteiger partial charge in [0.15, 0.2) is 5.69 Å². The molecule has 0 aliphatic rings. The minimum atomic E-state index is -0.521. The standard InChI is InChI=1S/C11H19N5O3/c1-19-11(18)10-8(5-6-12)16(15-14-10)7-3-2-4-9(13)17/h2-7,12H2,1H3,(H2,13,17). The molecule has 1 aromatic heterocycles. The fourth-order valence-corrected chi connectivity index (χ4v) is 1.71. The molecule has 0 atom stereocenters. The average Bonchev–Trinajstić information content (AvgIpc) is 2.77. The quantitative estimate of drug-likeness (QED) is 0.471. The second-order valence-corrected chi connectivity index (χ2v) is 4.06. The number of carbonyl (C=O) groups is 2. The number of nitrogens with two attached hydrogens (primary N) is 2. The normalized spacial score (nSPS) is 10.4. The molecule has 8 heteroatoms. The van der Waals surface area contributed by atoms with E-state index < -0.39 is 5.97 Å². The molecule has 1 aromatic rings. The van der Waals surface area contributed by atoms with Gasteiger partial charge in [-0.2, -0.15) is 0 Å². The Kier molecular flexibility index (Phi) is 5.94. The van der Waals surface area contributed by atoms with Crippen molar-refractivity contribution in [3.8, 4) is 0 Å². The largest absolute Gasteiger partial charge is 0.464 e. The highest BCUT2D eigenvalue weighted by molar-refractivity contribution is 5.88. The van der Waals surface area contributed by atoms with Crippen molar-refractivity contribution in [2.45, 2.75) is 32.2 Å². The number of aryl methyl sites for hydroxylation is 1. The number of primary amides is 1. The molecule has 1 amide bonds. The second kappa shape index (κ2) is 7.47. The highest BCUT2D eigenvalue weighted by atomic mass is 16.5. The lowest BCUT2D eigenvalue weighted by molar-refractivity contribution is -0.118. The van der Waals surface area contributed by atoms with Gasteiger partial charge in [-0.3, -0.25) is 4.79 Å². The molecule has 4 N–H and O–H groups in total. The summed E-state index contributed by atoms with van der Waals surface area (Å²) >= 11 is 0. The maximum absolute atomic E-state index is 11.5. The molecule has 0 aliphatic carbocycles. The lowest BCUT2D eigenvalue weighted by atomic mass is 10.2. The number of methoxy groups -OCH3 is 1. The van der Waals surface area contributed by atoms with E-state index in [2.05, 4.69) is 15.0 Å². The number of nitrogens with zero attached hydrogens (tertiary/aromatic N) is 3. The summed E-state index contributed by atoms with van der Waals surface area (Å²) in [6.07, 6.45) is 2.23. The van der Waals surface area contributed by atoms with Gasteiger partial charge in [0, 0.05) is 19.4 Å². The second-order valence-electron chi connectivity index (χ2n) is 4.06. The first-order valence-corrected chi connectivity index (χ1v) is 6.09. The number of hydrogen-bond acceptors (Lipinski definition) is 6. The van der Waals surface area contributed by atoms with Gasteiger partial charge in [0.1, 0.15) is 0 Å². The van der Waals surface area contributed by atoms with E-state index in [1.165, 1.54) is 7.11 Å². The first-order valence-electron chi connectivity index (χ1n) is 6.09. The third kappa shape index (κ3) is 4.32. The number of aromatic nitrogens is 3. The zero-order valence-electron chi connectivity index (χ0n) is 11.0. The molecule has 0 bridgehead atoms. The van der Waals surface area contributed by atoms with Crippen LogP contribution in [0.1, 0.15) is 35.4 Å². The van der Waals surface area contributed by atoms with E-state index >= 15 is 0 Å². The summed E-state index contributed by atoms with van der Waals surface area (Å²) in [4.78, 5) is 22.1. The van der Waals surface area contributed by atoms with Gasteiger partial charge in [0.05, 0.1) is 12.8 Å². The summed E-state index contributed by atoms with van der Waals surface area (Å²) < 4.78 is 6.26. The van der Waals surface area contributed by atoms with Crippen LogP contribution in [-0.4, -0.2) is 40.5 Å². The molecule has 1 rings (SSSR count). The Labute approximate surface area is 111 Å². The summed E-state index contributed by atoms with van der Waals surface area (Å²) in [5.74, 6) is -0.845. The summed E-state index contributed by atoms with van der Waals surface area (Å²) in [6.45, 7) is 0.950. The van der Waals surface area contributed by atoms with Gasteiger partial charge >= 0.3 is 5.97 Å². The first kappa shape index (κ1) is 15.1. The number of rotatable bonds is 8. The Hall–Kier alpha value is -1.96. The fraction of sp³-hybridized carbons (Fsp3) is 0.636. The van der Waals surface area contributed by atoms with Gasteiger partial charge < -0.3 is 16.2 Å². The minimum absolute atomic E-state index is 0.197. The van der Waals surface area contributed by atoms with Gasteiger partial charge in [-0.15, -0.1) is 5.10 Å². The lowest BCUT2D eigenvalue weighted by Gasteiger charge is -2.06. The SMILES string of the molecule is COC(=O)c1nnn(CCCCC(N)=O)c1CCN. The number of carbonyl (C=O) groups excluding carboxylic acids is 2. The van der Waals surface area contributed by atoms with E-state index in [0.717, 1.165) is 6.42 Å². The van der Waals surface area contributed by atoms with Crippen LogP contribution in [0.3, 0.4) is 0 Å². The van der Waals surface area contributed by atoms with Crippen molar-refractivity contribution in [2.24, 2.45) is 11.5 Å². The molecule has 0 aliphatic heterocycles. The van der Waals surface area contributed by atoms with Crippen molar-refractivity contribution >= 4 is 11.9 Å². The van der Waals surface area contributed by atoms with Crippen LogP contribution in [0.5, 0.6) is 0 Å². The summed E-state index contributed by atoms with van der Waals surface area (Å²) in [6, 6.07) is 0. The summed E-state index contributed by atoms with van der Waals surface area (Å²) in [5.41, 5.74) is 11.4. The molecule has 8 nitrogen and oxygen atoms in total. The van der Waals surface area contributed by atoms with Crippen molar-refractivity contribution < 1.29 is 14.3 Å². The number of unbranched alkanes of at least 4 members (excludes halogenated alkanes) is 1. The predicted octanol–water partition coefficient (Wildman–Crippen LogP) is -0.778. The zero-order valence-corrected chi connectivity index (χ0v) is 11.0. The molecule has 0 fully saturated rings. The van der Waals surface area contributed by atoms with E-state index in [4.69, 9.17) is 11.5 Å². The van der Waals surface area contributed by atoms with Gasteiger partial charge in [0.25, 0.3) is 0 Å². The molecule has 19 heavy (non-hydrogen) atoms. The number of hydrogen-bond donors (Lipinski definition) is 2. The molecule has 0 unspecified atom stereocenters. The van der Waals surface area contributed by atoms with E-state index in [1.54, 1.807) is 4.68 Å². The minimum Gasteiger partial charge on any atom is -0.464 e. The van der Waals surface area contributed by atoms with Crippen LogP contribution in [0.2, 0.25) is 0 Å². The Bertz CT molecular complexity index is 444. The van der Waals surface area contributed by atoms with Crippen LogP contribution in [0.4, 0.5) is 0 Å². The highest BCUT2D eigenvalue weighted by Gasteiger charge is 2.19. The molecule has 106 valence electrons. The van der Waals surface area contributed by atoms with Crippen LogP contribution >= 0.6 is 0 Å². The van der Waals surface area contributed by atoms with Crippen molar-refractivity contribution in [3.05, 3.63) is 11.4 Å². The van der Waals surface area contributed by atoms with Crippen LogP contribution in [0.15, 0.2) is 0 Å². The van der Waals surface area contributed by atoms with Crippen molar-refractivity contribution in [1.29, 1.82) is 0 Å². The first-order chi connectivity index (χ1) is 9.10. The maximum atomic E-state index is 11.5. The Morgan fingerprint density at radius 1 is 1.37 bits per heavy atom. The van der Waals surface area contributed by atoms with Crippen molar-refractivity contribution in [3.63, 3.8) is 0 Å². The van der Waals surface area contributed by atoms with E-state index in [9.17, 15) is 9.59 Å². The number of amides is 1. The van der Waals surface area contributed by atoms with E-state index in [-0.39, 0.29) is 11.6 Å². The van der Waals surface area contributed by atoms with Gasteiger partial charge in [-0.25, -0.2) is 9.48 Å². The average molecular weight is 269 g/mol. The summed E-state index contributed by atoms with van der Waals surface area (Å²) in [5, 5.41) is 7.73. The van der Waals surface area contributed by atoms with Crippen LogP contribution in [-0.2, 0) is 22.5 Å². The van der Waals surface area contributed by atoms with Crippen molar-refractivity contribution in [2.75, 3.05) is 13.7 Å². The van der Waals surface area contributed by atoms with Gasteiger partial charge in [-0.1, -0.05) is 5.21 Å². The predicted molar refractivity (Wildman–Crippen MR) is 67.2 cm³/mol. The Balaban J connectivity index is 2.69. The Morgan fingerprint density at radius 2 is 2.11 bits per heavy atom. The third-order valence-electron chi connectivity index (χ3n) is 2.64. The zero-order chi connectivity index (χ0) is 14.3. The molecule has 1 heterocycles. The molecular weight excluding hydrogens is 250 g/mol. The highest BCUT2D eigenvalue weighted by Crippen LogP contribution is 2.09. The molecule has 0 radical (unpaired) electrons. The van der Waals surface area contributed by atoms with Gasteiger partial charge in [-0.05, 0) is 19.4 Å². The maximum Gasteiger partial charge on any atom is 0.360 e. The topological polar surface area (TPSA) is 126 Å². The van der Waals surface area contributed by atoms with Crippen LogP contribution < -0.4 is 11.5 Å². The molecular formula is C11H19N5O3. The monoisotopic (exact) mass is 269 g/mol. The smallest absolute Gasteiger partial charge is 0.360 e. The number of esters is 1. The van der Waals surface area contributed by atoms with E-state index in [0.29, 0.717) is 38.0 Å². The Morgan fingerprint density at radius 3 is 2.68 bits per heavy atom. The molecule has 0 saturated carbocycles. The fourth-order valence-electron chi connectivity index (χ4n) is 1.71. The van der Waals surface area contributed by atoms with Crippen LogP contribution in [0, 0.1) is 0 Å².